The SMILES string of the molecule is Cc1noc(CCNc2ccc([N+](=O)[O-])cc2S(C)(=O)=O)n1. The van der Waals surface area contributed by atoms with Crippen LogP contribution in [0.15, 0.2) is 27.6 Å². The Morgan fingerprint density at radius 1 is 1.41 bits per heavy atom. The van der Waals surface area contributed by atoms with Crippen molar-refractivity contribution >= 4 is 21.2 Å². The van der Waals surface area contributed by atoms with Crippen LogP contribution in [0, 0.1) is 17.0 Å². The summed E-state index contributed by atoms with van der Waals surface area (Å²) in [6, 6.07) is 3.65. The van der Waals surface area contributed by atoms with Gasteiger partial charge in [0, 0.05) is 31.4 Å². The molecule has 1 aromatic carbocycles. The fraction of sp³-hybridized carbons (Fsp3) is 0.333. The summed E-state index contributed by atoms with van der Waals surface area (Å²) < 4.78 is 28.5. The van der Waals surface area contributed by atoms with E-state index in [1.807, 2.05) is 0 Å². The third-order valence-electron chi connectivity index (χ3n) is 2.80. The fourth-order valence-corrected chi connectivity index (χ4v) is 2.70. The summed E-state index contributed by atoms with van der Waals surface area (Å²) in [4.78, 5) is 14.0. The molecular weight excluding hydrogens is 312 g/mol. The number of rotatable bonds is 6. The van der Waals surface area contributed by atoms with Crippen molar-refractivity contribution in [3.63, 3.8) is 0 Å². The van der Waals surface area contributed by atoms with Gasteiger partial charge < -0.3 is 9.84 Å². The Kier molecular flexibility index (Phi) is 4.40. The van der Waals surface area contributed by atoms with Gasteiger partial charge in [-0.05, 0) is 13.0 Å². The van der Waals surface area contributed by atoms with Gasteiger partial charge in [-0.1, -0.05) is 5.16 Å². The molecule has 2 aromatic rings. The van der Waals surface area contributed by atoms with Crippen LogP contribution in [-0.2, 0) is 16.3 Å². The molecule has 0 amide bonds. The number of hydrogen-bond donors (Lipinski definition) is 1. The molecule has 0 aliphatic carbocycles. The van der Waals surface area contributed by atoms with E-state index >= 15 is 0 Å². The van der Waals surface area contributed by atoms with Crippen molar-refractivity contribution in [3.05, 3.63) is 40.0 Å². The Labute approximate surface area is 126 Å². The molecule has 1 aromatic heterocycles. The van der Waals surface area contributed by atoms with Crippen molar-refractivity contribution < 1.29 is 17.9 Å². The second-order valence-corrected chi connectivity index (χ2v) is 6.61. The number of sulfone groups is 1. The minimum atomic E-state index is -3.60. The predicted molar refractivity (Wildman–Crippen MR) is 77.4 cm³/mol. The van der Waals surface area contributed by atoms with Crippen molar-refractivity contribution in [1.82, 2.24) is 10.1 Å². The average Bonchev–Trinajstić information content (AvgIpc) is 2.83. The first-order valence-corrected chi connectivity index (χ1v) is 8.18. The maximum Gasteiger partial charge on any atom is 0.270 e. The molecule has 10 heteroatoms. The summed E-state index contributed by atoms with van der Waals surface area (Å²) >= 11 is 0. The number of nitro benzene ring substituents is 1. The lowest BCUT2D eigenvalue weighted by atomic mass is 10.2. The molecule has 1 heterocycles. The van der Waals surface area contributed by atoms with Crippen molar-refractivity contribution in [2.75, 3.05) is 18.1 Å². The summed E-state index contributed by atoms with van der Waals surface area (Å²) in [6.07, 6.45) is 1.40. The summed E-state index contributed by atoms with van der Waals surface area (Å²) in [5, 5.41) is 17.3. The average molecular weight is 326 g/mol. The zero-order valence-electron chi connectivity index (χ0n) is 11.9. The summed E-state index contributed by atoms with van der Waals surface area (Å²) in [7, 11) is -3.60. The van der Waals surface area contributed by atoms with E-state index in [0.717, 1.165) is 12.3 Å². The summed E-state index contributed by atoms with van der Waals surface area (Å²) in [6.45, 7) is 2.04. The van der Waals surface area contributed by atoms with Crippen LogP contribution in [0.4, 0.5) is 11.4 Å². The zero-order chi connectivity index (χ0) is 16.3. The van der Waals surface area contributed by atoms with Gasteiger partial charge in [-0.2, -0.15) is 4.98 Å². The number of non-ortho nitro benzene ring substituents is 1. The van der Waals surface area contributed by atoms with Crippen molar-refractivity contribution in [2.24, 2.45) is 0 Å². The first-order valence-electron chi connectivity index (χ1n) is 6.29. The molecule has 1 N–H and O–H groups in total. The smallest absolute Gasteiger partial charge is 0.270 e. The van der Waals surface area contributed by atoms with Crippen LogP contribution >= 0.6 is 0 Å². The number of nitrogens with zero attached hydrogens (tertiary/aromatic N) is 3. The number of benzene rings is 1. The highest BCUT2D eigenvalue weighted by atomic mass is 32.2. The quantitative estimate of drug-likeness (QED) is 0.622. The Hall–Kier alpha value is -2.49. The maximum absolute atomic E-state index is 11.8. The molecule has 22 heavy (non-hydrogen) atoms. The van der Waals surface area contributed by atoms with Gasteiger partial charge in [0.1, 0.15) is 0 Å². The van der Waals surface area contributed by atoms with Crippen molar-refractivity contribution in [3.8, 4) is 0 Å². The Morgan fingerprint density at radius 2 is 2.14 bits per heavy atom. The lowest BCUT2D eigenvalue weighted by Crippen LogP contribution is -2.10. The second-order valence-electron chi connectivity index (χ2n) is 4.62. The number of aryl methyl sites for hydroxylation is 1. The van der Waals surface area contributed by atoms with Gasteiger partial charge in [0.2, 0.25) is 5.89 Å². The van der Waals surface area contributed by atoms with E-state index < -0.39 is 14.8 Å². The molecule has 0 bridgehead atoms. The van der Waals surface area contributed by atoms with Gasteiger partial charge >= 0.3 is 0 Å². The van der Waals surface area contributed by atoms with Gasteiger partial charge in [-0.15, -0.1) is 0 Å². The lowest BCUT2D eigenvalue weighted by Gasteiger charge is -2.09. The molecule has 0 atom stereocenters. The molecule has 9 nitrogen and oxygen atoms in total. The van der Waals surface area contributed by atoms with E-state index in [4.69, 9.17) is 4.52 Å². The predicted octanol–water partition coefficient (Wildman–Crippen LogP) is 1.34. The number of aromatic nitrogens is 2. The highest BCUT2D eigenvalue weighted by Crippen LogP contribution is 2.26. The van der Waals surface area contributed by atoms with Gasteiger partial charge in [0.15, 0.2) is 15.7 Å². The van der Waals surface area contributed by atoms with Crippen LogP contribution in [0.1, 0.15) is 11.7 Å². The Bertz CT molecular complexity index is 800. The number of hydrogen-bond acceptors (Lipinski definition) is 8. The second kappa shape index (κ2) is 6.10. The first-order chi connectivity index (χ1) is 10.3. The van der Waals surface area contributed by atoms with Crippen LogP contribution < -0.4 is 5.32 Å². The molecule has 0 saturated carbocycles. The number of nitrogens with one attached hydrogen (secondary N) is 1. The zero-order valence-corrected chi connectivity index (χ0v) is 12.8. The molecule has 0 fully saturated rings. The number of nitro groups is 1. The summed E-state index contributed by atoms with van der Waals surface area (Å²) in [5.41, 5.74) is 0.0165. The van der Waals surface area contributed by atoms with Crippen LogP contribution in [0.3, 0.4) is 0 Å². The molecule has 0 radical (unpaired) electrons. The lowest BCUT2D eigenvalue weighted by molar-refractivity contribution is -0.385. The molecular formula is C12H14N4O5S. The Morgan fingerprint density at radius 3 is 2.68 bits per heavy atom. The monoisotopic (exact) mass is 326 g/mol. The third kappa shape index (κ3) is 3.79. The number of anilines is 1. The van der Waals surface area contributed by atoms with E-state index in [1.54, 1.807) is 6.92 Å². The first kappa shape index (κ1) is 15.9. The highest BCUT2D eigenvalue weighted by molar-refractivity contribution is 7.90. The summed E-state index contributed by atoms with van der Waals surface area (Å²) in [5.74, 6) is 0.940. The van der Waals surface area contributed by atoms with Crippen LogP contribution in [-0.4, -0.2) is 36.3 Å². The highest BCUT2D eigenvalue weighted by Gasteiger charge is 2.18. The molecule has 2 rings (SSSR count). The standard InChI is InChI=1S/C12H14N4O5S/c1-8-14-12(21-15-8)5-6-13-10-4-3-9(16(17)18)7-11(10)22(2,19)20/h3-4,7,13H,5-6H2,1-2H3. The van der Waals surface area contributed by atoms with E-state index in [9.17, 15) is 18.5 Å². The molecule has 0 aliphatic rings. The van der Waals surface area contributed by atoms with E-state index in [0.29, 0.717) is 30.4 Å². The molecule has 0 saturated heterocycles. The van der Waals surface area contributed by atoms with Gasteiger partial charge in [-0.25, -0.2) is 8.42 Å². The third-order valence-corrected chi connectivity index (χ3v) is 3.94. The minimum absolute atomic E-state index is 0.122. The van der Waals surface area contributed by atoms with E-state index in [1.165, 1.54) is 12.1 Å². The topological polar surface area (TPSA) is 128 Å². The van der Waals surface area contributed by atoms with Crippen molar-refractivity contribution in [1.29, 1.82) is 0 Å². The largest absolute Gasteiger partial charge is 0.383 e. The maximum atomic E-state index is 11.8. The molecule has 0 spiro atoms. The minimum Gasteiger partial charge on any atom is -0.383 e. The van der Waals surface area contributed by atoms with Gasteiger partial charge in [0.25, 0.3) is 5.69 Å². The van der Waals surface area contributed by atoms with Gasteiger partial charge in [0.05, 0.1) is 15.5 Å². The van der Waals surface area contributed by atoms with Gasteiger partial charge in [-0.3, -0.25) is 10.1 Å². The van der Waals surface area contributed by atoms with Crippen LogP contribution in [0.5, 0.6) is 0 Å². The normalized spacial score (nSPS) is 11.4. The molecule has 118 valence electrons. The molecule has 0 aliphatic heterocycles. The van der Waals surface area contributed by atoms with Crippen LogP contribution in [0.2, 0.25) is 0 Å². The Balaban J connectivity index is 2.17. The van der Waals surface area contributed by atoms with E-state index in [-0.39, 0.29) is 10.6 Å². The van der Waals surface area contributed by atoms with Crippen LogP contribution in [0.25, 0.3) is 0 Å². The molecule has 0 unspecified atom stereocenters. The fourth-order valence-electron chi connectivity index (χ4n) is 1.82. The van der Waals surface area contributed by atoms with E-state index in [2.05, 4.69) is 15.5 Å². The van der Waals surface area contributed by atoms with Crippen molar-refractivity contribution in [2.45, 2.75) is 18.2 Å².